The molecule has 0 spiro atoms. The topological polar surface area (TPSA) is 71.0 Å². The Kier molecular flexibility index (Phi) is 5.54. The molecular formula is C17H28BNO4. The lowest BCUT2D eigenvalue weighted by Gasteiger charge is -2.32. The summed E-state index contributed by atoms with van der Waals surface area (Å²) in [5.41, 5.74) is 0.707. The Morgan fingerprint density at radius 2 is 1.74 bits per heavy atom. The highest BCUT2D eigenvalue weighted by molar-refractivity contribution is 6.62. The van der Waals surface area contributed by atoms with Gasteiger partial charge in [-0.2, -0.15) is 0 Å². The molecule has 0 saturated carbocycles. The molecule has 0 aromatic heterocycles. The molecule has 2 rings (SSSR count). The summed E-state index contributed by atoms with van der Waals surface area (Å²) >= 11 is 0. The van der Waals surface area contributed by atoms with Crippen molar-refractivity contribution in [2.45, 2.75) is 57.5 Å². The van der Waals surface area contributed by atoms with Gasteiger partial charge in [-0.25, -0.2) is 0 Å². The van der Waals surface area contributed by atoms with Crippen LogP contribution < -0.4 is 10.8 Å². The van der Waals surface area contributed by atoms with E-state index in [1.54, 1.807) is 0 Å². The summed E-state index contributed by atoms with van der Waals surface area (Å²) < 4.78 is 12.1. The van der Waals surface area contributed by atoms with E-state index in [1.165, 1.54) is 0 Å². The molecule has 3 N–H and O–H groups in total. The van der Waals surface area contributed by atoms with Crippen LogP contribution in [0.25, 0.3) is 0 Å². The third-order valence-electron chi connectivity index (χ3n) is 4.83. The second kappa shape index (κ2) is 6.91. The van der Waals surface area contributed by atoms with Crippen molar-refractivity contribution in [3.05, 3.63) is 29.8 Å². The molecule has 0 radical (unpaired) electrons. The minimum Gasteiger partial charge on any atom is -0.399 e. The first kappa shape index (κ1) is 18.4. The van der Waals surface area contributed by atoms with Gasteiger partial charge in [-0.1, -0.05) is 24.3 Å². The van der Waals surface area contributed by atoms with E-state index in [-0.39, 0.29) is 0 Å². The Balaban J connectivity index is 2.15. The van der Waals surface area contributed by atoms with Crippen molar-refractivity contribution in [1.29, 1.82) is 0 Å². The van der Waals surface area contributed by atoms with E-state index in [9.17, 15) is 10.2 Å². The second-order valence-electron chi connectivity index (χ2n) is 7.16. The number of benzene rings is 1. The van der Waals surface area contributed by atoms with E-state index in [1.807, 2.05) is 59.0 Å². The van der Waals surface area contributed by atoms with Crippen molar-refractivity contribution in [3.63, 3.8) is 0 Å². The molecule has 23 heavy (non-hydrogen) atoms. The normalized spacial score (nSPS) is 22.1. The molecule has 1 aliphatic rings. The fourth-order valence-electron chi connectivity index (χ4n) is 2.54. The summed E-state index contributed by atoms with van der Waals surface area (Å²) in [7, 11) is 1.35. The van der Waals surface area contributed by atoms with Crippen molar-refractivity contribution in [2.75, 3.05) is 13.6 Å². The van der Waals surface area contributed by atoms with Crippen LogP contribution in [0.5, 0.6) is 0 Å². The van der Waals surface area contributed by atoms with Crippen LogP contribution in [-0.2, 0) is 9.31 Å². The zero-order valence-corrected chi connectivity index (χ0v) is 14.7. The highest BCUT2D eigenvalue weighted by Gasteiger charge is 2.51. The summed E-state index contributed by atoms with van der Waals surface area (Å²) in [5.74, 6) is 0. The Morgan fingerprint density at radius 1 is 1.13 bits per heavy atom. The maximum Gasteiger partial charge on any atom is 0.494 e. The second-order valence-corrected chi connectivity index (χ2v) is 7.16. The highest BCUT2D eigenvalue weighted by atomic mass is 16.7. The SMILES string of the molecule is CNCCC(O)C(O)c1cccc(B2OC(C)(C)C(C)(C)O2)c1. The predicted molar refractivity (Wildman–Crippen MR) is 91.7 cm³/mol. The van der Waals surface area contributed by atoms with Gasteiger partial charge < -0.3 is 24.8 Å². The van der Waals surface area contributed by atoms with Gasteiger partial charge in [0, 0.05) is 0 Å². The Bertz CT molecular complexity index is 519. The highest BCUT2D eigenvalue weighted by Crippen LogP contribution is 2.36. The van der Waals surface area contributed by atoms with Crippen molar-refractivity contribution < 1.29 is 19.5 Å². The molecule has 1 heterocycles. The quantitative estimate of drug-likeness (QED) is 0.682. The molecule has 128 valence electrons. The average Bonchev–Trinajstić information content (AvgIpc) is 2.72. The van der Waals surface area contributed by atoms with Crippen molar-refractivity contribution >= 4 is 12.6 Å². The van der Waals surface area contributed by atoms with Gasteiger partial charge in [0.05, 0.1) is 17.3 Å². The summed E-state index contributed by atoms with van der Waals surface area (Å²) in [4.78, 5) is 0. The van der Waals surface area contributed by atoms with Crippen LogP contribution in [0, 0.1) is 0 Å². The van der Waals surface area contributed by atoms with Crippen molar-refractivity contribution in [3.8, 4) is 0 Å². The summed E-state index contributed by atoms with van der Waals surface area (Å²) in [5, 5.41) is 23.4. The zero-order chi connectivity index (χ0) is 17.3. The van der Waals surface area contributed by atoms with Gasteiger partial charge in [0.2, 0.25) is 0 Å². The molecule has 0 amide bonds. The van der Waals surface area contributed by atoms with E-state index < -0.39 is 30.5 Å². The van der Waals surface area contributed by atoms with Gasteiger partial charge in [0.1, 0.15) is 6.10 Å². The minimum atomic E-state index is -0.925. The first-order chi connectivity index (χ1) is 10.7. The standard InChI is InChI=1S/C17H28BNO4/c1-16(2)17(3,4)23-18(22-16)13-8-6-7-12(11-13)15(21)14(20)9-10-19-5/h6-8,11,14-15,19-21H,9-10H2,1-5H3. The summed E-state index contributed by atoms with van der Waals surface area (Å²) in [6.07, 6.45) is -1.25. The van der Waals surface area contributed by atoms with E-state index in [4.69, 9.17) is 9.31 Å². The molecule has 6 heteroatoms. The van der Waals surface area contributed by atoms with Gasteiger partial charge in [-0.15, -0.1) is 0 Å². The molecule has 0 aliphatic carbocycles. The number of hydrogen-bond donors (Lipinski definition) is 3. The van der Waals surface area contributed by atoms with Gasteiger partial charge in [0.25, 0.3) is 0 Å². The third kappa shape index (κ3) is 3.95. The fraction of sp³-hybridized carbons (Fsp3) is 0.647. The molecular weight excluding hydrogens is 293 g/mol. The number of aliphatic hydroxyl groups excluding tert-OH is 2. The van der Waals surface area contributed by atoms with E-state index >= 15 is 0 Å². The average molecular weight is 321 g/mol. The van der Waals surface area contributed by atoms with Crippen LogP contribution in [0.4, 0.5) is 0 Å². The van der Waals surface area contributed by atoms with E-state index in [2.05, 4.69) is 5.32 Å². The lowest BCUT2D eigenvalue weighted by molar-refractivity contribution is 0.00578. The molecule has 0 bridgehead atoms. The molecule has 2 atom stereocenters. The number of hydrogen-bond acceptors (Lipinski definition) is 5. The molecule has 1 aromatic carbocycles. The van der Waals surface area contributed by atoms with Crippen LogP contribution in [-0.4, -0.2) is 48.2 Å². The largest absolute Gasteiger partial charge is 0.494 e. The molecule has 1 saturated heterocycles. The lowest BCUT2D eigenvalue weighted by Crippen LogP contribution is -2.41. The summed E-state index contributed by atoms with van der Waals surface area (Å²) in [6, 6.07) is 7.42. The smallest absolute Gasteiger partial charge is 0.399 e. The van der Waals surface area contributed by atoms with E-state index in [0.29, 0.717) is 18.5 Å². The third-order valence-corrected chi connectivity index (χ3v) is 4.83. The Morgan fingerprint density at radius 3 is 2.30 bits per heavy atom. The summed E-state index contributed by atoms with van der Waals surface area (Å²) in [6.45, 7) is 8.68. The monoisotopic (exact) mass is 321 g/mol. The number of aliphatic hydroxyl groups is 2. The maximum atomic E-state index is 10.3. The molecule has 2 unspecified atom stereocenters. The van der Waals surface area contributed by atoms with Gasteiger partial charge in [-0.05, 0) is 58.7 Å². The number of rotatable bonds is 6. The lowest BCUT2D eigenvalue weighted by atomic mass is 9.78. The first-order valence-electron chi connectivity index (χ1n) is 8.14. The molecule has 1 aliphatic heterocycles. The van der Waals surface area contributed by atoms with Crippen LogP contribution in [0.1, 0.15) is 45.8 Å². The van der Waals surface area contributed by atoms with Gasteiger partial charge in [-0.3, -0.25) is 0 Å². The molecule has 1 aromatic rings. The minimum absolute atomic E-state index is 0.404. The van der Waals surface area contributed by atoms with Gasteiger partial charge >= 0.3 is 7.12 Å². The molecule has 5 nitrogen and oxygen atoms in total. The zero-order valence-electron chi connectivity index (χ0n) is 14.7. The Hall–Kier alpha value is -0.915. The number of nitrogens with one attached hydrogen (secondary N) is 1. The van der Waals surface area contributed by atoms with E-state index in [0.717, 1.165) is 5.46 Å². The van der Waals surface area contributed by atoms with Gasteiger partial charge in [0.15, 0.2) is 0 Å². The molecule has 1 fully saturated rings. The first-order valence-corrected chi connectivity index (χ1v) is 8.14. The maximum absolute atomic E-state index is 10.3. The van der Waals surface area contributed by atoms with Crippen LogP contribution in [0.3, 0.4) is 0 Å². The fourth-order valence-corrected chi connectivity index (χ4v) is 2.54. The van der Waals surface area contributed by atoms with Crippen molar-refractivity contribution in [1.82, 2.24) is 5.32 Å². The Labute approximate surface area is 139 Å². The van der Waals surface area contributed by atoms with Crippen LogP contribution in [0.2, 0.25) is 0 Å². The van der Waals surface area contributed by atoms with Crippen LogP contribution >= 0.6 is 0 Å². The van der Waals surface area contributed by atoms with Crippen molar-refractivity contribution in [2.24, 2.45) is 0 Å². The predicted octanol–water partition coefficient (Wildman–Crippen LogP) is 0.990. The van der Waals surface area contributed by atoms with Crippen LogP contribution in [0.15, 0.2) is 24.3 Å².